The summed E-state index contributed by atoms with van der Waals surface area (Å²) >= 11 is 0. The molecule has 20 heavy (non-hydrogen) atoms. The van der Waals surface area contributed by atoms with Crippen LogP contribution in [0.4, 0.5) is 0 Å². The summed E-state index contributed by atoms with van der Waals surface area (Å²) in [5.41, 5.74) is 0.617. The van der Waals surface area contributed by atoms with Gasteiger partial charge in [0.25, 0.3) is 0 Å². The highest BCUT2D eigenvalue weighted by Crippen LogP contribution is 2.59. The standard InChI is InChI=1S/C17H36O2Si/c1-9-10-15(4)17(5,6)20(18-7,19-8)16-13(2)11-12-14(16)3/h13-16H,9-12H2,1-8H3. The van der Waals surface area contributed by atoms with Crippen LogP contribution in [0.25, 0.3) is 0 Å². The van der Waals surface area contributed by atoms with Gasteiger partial charge in [-0.1, -0.05) is 67.2 Å². The Kier molecular flexibility index (Phi) is 6.30. The molecule has 0 aromatic heterocycles. The van der Waals surface area contributed by atoms with E-state index in [-0.39, 0.29) is 5.04 Å². The van der Waals surface area contributed by atoms with Crippen LogP contribution < -0.4 is 0 Å². The molecule has 1 fully saturated rings. The Morgan fingerprint density at radius 2 is 1.55 bits per heavy atom. The SMILES string of the molecule is CCCC(C)C(C)(C)[Si](OC)(OC)C1C(C)CCC1C. The molecule has 0 N–H and O–H groups in total. The first-order valence-corrected chi connectivity index (χ1v) is 10.3. The largest absolute Gasteiger partial charge is 0.397 e. The molecule has 0 amide bonds. The summed E-state index contributed by atoms with van der Waals surface area (Å²) < 4.78 is 12.5. The molecular formula is C17H36O2Si. The minimum absolute atomic E-state index is 0.143. The fraction of sp³-hybridized carbons (Fsp3) is 1.00. The van der Waals surface area contributed by atoms with E-state index in [0.29, 0.717) is 11.5 Å². The van der Waals surface area contributed by atoms with Gasteiger partial charge in [0.1, 0.15) is 0 Å². The zero-order valence-electron chi connectivity index (χ0n) is 15.0. The van der Waals surface area contributed by atoms with Crippen molar-refractivity contribution in [1.82, 2.24) is 0 Å². The minimum atomic E-state index is -2.26. The number of hydrogen-bond acceptors (Lipinski definition) is 2. The van der Waals surface area contributed by atoms with E-state index in [1.165, 1.54) is 25.7 Å². The zero-order chi connectivity index (χ0) is 15.6. The molecule has 0 spiro atoms. The summed E-state index contributed by atoms with van der Waals surface area (Å²) in [5, 5.41) is 0.143. The van der Waals surface area contributed by atoms with Gasteiger partial charge >= 0.3 is 8.56 Å². The van der Waals surface area contributed by atoms with Crippen LogP contribution in [0.5, 0.6) is 0 Å². The van der Waals surface area contributed by atoms with Crippen LogP contribution in [0, 0.1) is 17.8 Å². The summed E-state index contributed by atoms with van der Waals surface area (Å²) in [6.45, 7) is 14.2. The van der Waals surface area contributed by atoms with Crippen molar-refractivity contribution in [3.8, 4) is 0 Å². The zero-order valence-corrected chi connectivity index (χ0v) is 16.0. The molecule has 0 saturated heterocycles. The van der Waals surface area contributed by atoms with Gasteiger partial charge in [-0.3, -0.25) is 0 Å². The van der Waals surface area contributed by atoms with Gasteiger partial charge in [0.15, 0.2) is 0 Å². The minimum Gasteiger partial charge on any atom is -0.397 e. The smallest absolute Gasteiger partial charge is 0.347 e. The van der Waals surface area contributed by atoms with Crippen molar-refractivity contribution in [2.24, 2.45) is 17.8 Å². The van der Waals surface area contributed by atoms with E-state index in [0.717, 1.165) is 11.8 Å². The Morgan fingerprint density at radius 3 is 1.90 bits per heavy atom. The monoisotopic (exact) mass is 300 g/mol. The second-order valence-corrected chi connectivity index (χ2v) is 11.7. The lowest BCUT2D eigenvalue weighted by molar-refractivity contribution is 0.159. The van der Waals surface area contributed by atoms with Crippen molar-refractivity contribution in [1.29, 1.82) is 0 Å². The van der Waals surface area contributed by atoms with Crippen LogP contribution in [-0.4, -0.2) is 22.8 Å². The lowest BCUT2D eigenvalue weighted by Crippen LogP contribution is -2.58. The summed E-state index contributed by atoms with van der Waals surface area (Å²) in [5.74, 6) is 2.09. The molecule has 3 unspecified atom stereocenters. The molecule has 1 saturated carbocycles. The molecule has 1 rings (SSSR count). The summed E-state index contributed by atoms with van der Waals surface area (Å²) in [4.78, 5) is 0. The average molecular weight is 301 g/mol. The maximum Gasteiger partial charge on any atom is 0.347 e. The molecular weight excluding hydrogens is 264 g/mol. The molecule has 0 radical (unpaired) electrons. The van der Waals surface area contributed by atoms with Gasteiger partial charge in [0.05, 0.1) is 0 Å². The van der Waals surface area contributed by atoms with Crippen molar-refractivity contribution < 1.29 is 8.85 Å². The van der Waals surface area contributed by atoms with Crippen molar-refractivity contribution >= 4 is 8.56 Å². The van der Waals surface area contributed by atoms with Crippen molar-refractivity contribution in [2.75, 3.05) is 14.2 Å². The Morgan fingerprint density at radius 1 is 1.10 bits per heavy atom. The Labute approximate surface area is 127 Å². The van der Waals surface area contributed by atoms with Crippen LogP contribution in [0.1, 0.15) is 67.2 Å². The average Bonchev–Trinajstić information content (AvgIpc) is 2.73. The third kappa shape index (κ3) is 2.86. The highest BCUT2D eigenvalue weighted by molar-refractivity contribution is 6.72. The first-order chi connectivity index (χ1) is 9.28. The van der Waals surface area contributed by atoms with Crippen molar-refractivity contribution in [3.63, 3.8) is 0 Å². The van der Waals surface area contributed by atoms with Crippen LogP contribution in [0.2, 0.25) is 10.6 Å². The first kappa shape index (κ1) is 18.2. The van der Waals surface area contributed by atoms with E-state index in [2.05, 4.69) is 41.5 Å². The van der Waals surface area contributed by atoms with E-state index in [9.17, 15) is 0 Å². The molecule has 0 aromatic rings. The second kappa shape index (κ2) is 6.93. The van der Waals surface area contributed by atoms with Gasteiger partial charge in [-0.05, 0) is 17.8 Å². The molecule has 1 aliphatic rings. The van der Waals surface area contributed by atoms with E-state index < -0.39 is 8.56 Å². The molecule has 1 aliphatic carbocycles. The van der Waals surface area contributed by atoms with E-state index >= 15 is 0 Å². The van der Waals surface area contributed by atoms with Gasteiger partial charge in [-0.15, -0.1) is 0 Å². The number of rotatable bonds is 7. The van der Waals surface area contributed by atoms with Crippen LogP contribution in [-0.2, 0) is 8.85 Å². The van der Waals surface area contributed by atoms with E-state index in [1.54, 1.807) is 0 Å². The van der Waals surface area contributed by atoms with Gasteiger partial charge < -0.3 is 8.85 Å². The quantitative estimate of drug-likeness (QED) is 0.588. The maximum atomic E-state index is 6.26. The van der Waals surface area contributed by atoms with Gasteiger partial charge in [0.2, 0.25) is 0 Å². The molecule has 0 heterocycles. The van der Waals surface area contributed by atoms with E-state index in [1.807, 2.05) is 14.2 Å². The number of hydrogen-bond donors (Lipinski definition) is 0. The topological polar surface area (TPSA) is 18.5 Å². The van der Waals surface area contributed by atoms with E-state index in [4.69, 9.17) is 8.85 Å². The lowest BCUT2D eigenvalue weighted by atomic mass is 9.92. The Hall–Kier alpha value is 0.137. The molecule has 3 heteroatoms. The van der Waals surface area contributed by atoms with Crippen LogP contribution in [0.15, 0.2) is 0 Å². The predicted molar refractivity (Wildman–Crippen MR) is 89.2 cm³/mol. The summed E-state index contributed by atoms with van der Waals surface area (Å²) in [6, 6.07) is 0. The highest BCUT2D eigenvalue weighted by atomic mass is 28.4. The fourth-order valence-electron chi connectivity index (χ4n) is 4.64. The van der Waals surface area contributed by atoms with Gasteiger partial charge in [-0.25, -0.2) is 0 Å². The highest BCUT2D eigenvalue weighted by Gasteiger charge is 2.61. The summed E-state index contributed by atoms with van der Waals surface area (Å²) in [6.07, 6.45) is 5.14. The predicted octanol–water partition coefficient (Wildman–Crippen LogP) is 5.37. The molecule has 0 bridgehead atoms. The van der Waals surface area contributed by atoms with Crippen LogP contribution in [0.3, 0.4) is 0 Å². The molecule has 2 nitrogen and oxygen atoms in total. The molecule has 120 valence electrons. The molecule has 3 atom stereocenters. The fourth-order valence-corrected chi connectivity index (χ4v) is 9.93. The van der Waals surface area contributed by atoms with Crippen LogP contribution >= 0.6 is 0 Å². The Balaban J connectivity index is 3.19. The van der Waals surface area contributed by atoms with Gasteiger partial charge in [-0.2, -0.15) is 0 Å². The first-order valence-electron chi connectivity index (χ1n) is 8.38. The second-order valence-electron chi connectivity index (χ2n) is 7.54. The Bertz CT molecular complexity index is 289. The van der Waals surface area contributed by atoms with Crippen molar-refractivity contribution in [3.05, 3.63) is 0 Å². The van der Waals surface area contributed by atoms with Gasteiger partial charge in [0, 0.05) is 24.8 Å². The van der Waals surface area contributed by atoms with Crippen molar-refractivity contribution in [2.45, 2.75) is 77.8 Å². The normalized spacial score (nSPS) is 29.7. The maximum absolute atomic E-state index is 6.26. The lowest BCUT2D eigenvalue weighted by Gasteiger charge is -2.50. The third-order valence-corrected chi connectivity index (χ3v) is 11.7. The molecule has 0 aliphatic heterocycles. The molecule has 0 aromatic carbocycles. The third-order valence-electron chi connectivity index (χ3n) is 6.20. The summed E-state index contributed by atoms with van der Waals surface area (Å²) in [7, 11) is 1.53.